The predicted octanol–water partition coefficient (Wildman–Crippen LogP) is 4.13. The smallest absolute Gasteiger partial charge is 0.303 e. The largest absolute Gasteiger partial charge is 0.481 e. The molecule has 18 heavy (non-hydrogen) atoms. The van der Waals surface area contributed by atoms with E-state index in [-0.39, 0.29) is 12.5 Å². The van der Waals surface area contributed by atoms with Gasteiger partial charge in [0.05, 0.1) is 6.10 Å². The molecule has 0 saturated heterocycles. The Labute approximate surface area is 112 Å². The van der Waals surface area contributed by atoms with Crippen LogP contribution in [0, 0.1) is 0 Å². The molecule has 0 aromatic rings. The first kappa shape index (κ1) is 17.4. The van der Waals surface area contributed by atoms with E-state index < -0.39 is 5.97 Å². The molecule has 0 spiro atoms. The number of aliphatic hydroxyl groups excluding tert-OH is 1. The Hall–Kier alpha value is -0.570. The first-order valence-electron chi connectivity index (χ1n) is 7.56. The van der Waals surface area contributed by atoms with Gasteiger partial charge in [-0.15, -0.1) is 0 Å². The Morgan fingerprint density at radius 2 is 1.39 bits per heavy atom. The number of aliphatic carboxylic acids is 1. The van der Waals surface area contributed by atoms with Gasteiger partial charge in [-0.25, -0.2) is 0 Å². The van der Waals surface area contributed by atoms with Gasteiger partial charge in [-0.3, -0.25) is 4.79 Å². The van der Waals surface area contributed by atoms with Crippen LogP contribution < -0.4 is 0 Å². The van der Waals surface area contributed by atoms with E-state index in [9.17, 15) is 9.90 Å². The second kappa shape index (κ2) is 12.9. The Kier molecular flexibility index (Phi) is 12.5. The van der Waals surface area contributed by atoms with E-state index in [1.165, 1.54) is 32.1 Å². The minimum Gasteiger partial charge on any atom is -0.481 e. The van der Waals surface area contributed by atoms with Gasteiger partial charge in [0.1, 0.15) is 0 Å². The quantitative estimate of drug-likeness (QED) is 0.488. The molecular formula is C15H30O3. The SMILES string of the molecule is CCCCCCCCC(O)CCCCCC(=O)O. The monoisotopic (exact) mass is 258 g/mol. The van der Waals surface area contributed by atoms with Crippen LogP contribution in [0.3, 0.4) is 0 Å². The second-order valence-electron chi connectivity index (χ2n) is 5.20. The molecule has 0 aliphatic rings. The molecule has 1 atom stereocenters. The number of carbonyl (C=O) groups is 1. The summed E-state index contributed by atoms with van der Waals surface area (Å²) < 4.78 is 0. The zero-order valence-corrected chi connectivity index (χ0v) is 11.9. The molecule has 0 aliphatic carbocycles. The molecule has 1 unspecified atom stereocenters. The van der Waals surface area contributed by atoms with Crippen LogP contribution in [0.2, 0.25) is 0 Å². The third-order valence-electron chi connectivity index (χ3n) is 3.32. The molecule has 0 saturated carbocycles. The molecule has 0 heterocycles. The number of hydrogen-bond acceptors (Lipinski definition) is 2. The fraction of sp³-hybridized carbons (Fsp3) is 0.933. The van der Waals surface area contributed by atoms with Gasteiger partial charge in [-0.1, -0.05) is 58.3 Å². The van der Waals surface area contributed by atoms with Crippen LogP contribution in [-0.4, -0.2) is 22.3 Å². The van der Waals surface area contributed by atoms with Gasteiger partial charge in [-0.05, 0) is 19.3 Å². The van der Waals surface area contributed by atoms with Gasteiger partial charge < -0.3 is 10.2 Å². The highest BCUT2D eigenvalue weighted by atomic mass is 16.4. The molecule has 3 heteroatoms. The summed E-state index contributed by atoms with van der Waals surface area (Å²) in [5.74, 6) is -0.720. The molecular weight excluding hydrogens is 228 g/mol. The standard InChI is InChI=1S/C15H30O3/c1-2-3-4-5-6-8-11-14(16)12-9-7-10-13-15(17)18/h14,16H,2-13H2,1H3,(H,17,18). The van der Waals surface area contributed by atoms with Gasteiger partial charge in [-0.2, -0.15) is 0 Å². The van der Waals surface area contributed by atoms with Crippen LogP contribution in [0.15, 0.2) is 0 Å². The molecule has 0 aromatic heterocycles. The van der Waals surface area contributed by atoms with Gasteiger partial charge in [0.15, 0.2) is 0 Å². The molecule has 0 radical (unpaired) electrons. The topological polar surface area (TPSA) is 57.5 Å². The van der Waals surface area contributed by atoms with Crippen molar-refractivity contribution in [2.75, 3.05) is 0 Å². The van der Waals surface area contributed by atoms with Crippen molar-refractivity contribution < 1.29 is 15.0 Å². The fourth-order valence-corrected chi connectivity index (χ4v) is 2.14. The average molecular weight is 258 g/mol. The first-order chi connectivity index (χ1) is 8.66. The normalized spacial score (nSPS) is 12.6. The van der Waals surface area contributed by atoms with Gasteiger partial charge in [0, 0.05) is 6.42 Å². The van der Waals surface area contributed by atoms with E-state index in [0.717, 1.165) is 38.5 Å². The molecule has 0 aliphatic heterocycles. The third kappa shape index (κ3) is 13.5. The number of carboxylic acid groups (broad SMARTS) is 1. The molecule has 0 rings (SSSR count). The first-order valence-corrected chi connectivity index (χ1v) is 7.56. The van der Waals surface area contributed by atoms with Crippen molar-refractivity contribution in [3.05, 3.63) is 0 Å². The zero-order chi connectivity index (χ0) is 13.6. The summed E-state index contributed by atoms with van der Waals surface area (Å²) in [6.07, 6.45) is 12.0. The summed E-state index contributed by atoms with van der Waals surface area (Å²) in [7, 11) is 0. The molecule has 0 fully saturated rings. The maximum atomic E-state index is 10.3. The van der Waals surface area contributed by atoms with Crippen molar-refractivity contribution in [3.8, 4) is 0 Å². The minimum atomic E-state index is -0.720. The van der Waals surface area contributed by atoms with Crippen molar-refractivity contribution in [2.45, 2.75) is 90.1 Å². The van der Waals surface area contributed by atoms with E-state index in [0.29, 0.717) is 0 Å². The summed E-state index contributed by atoms with van der Waals surface area (Å²) >= 11 is 0. The van der Waals surface area contributed by atoms with E-state index >= 15 is 0 Å². The van der Waals surface area contributed by atoms with E-state index in [2.05, 4.69) is 6.92 Å². The van der Waals surface area contributed by atoms with Crippen molar-refractivity contribution >= 4 is 5.97 Å². The predicted molar refractivity (Wildman–Crippen MR) is 74.7 cm³/mol. The lowest BCUT2D eigenvalue weighted by atomic mass is 10.0. The van der Waals surface area contributed by atoms with Crippen LogP contribution >= 0.6 is 0 Å². The number of rotatable bonds is 13. The van der Waals surface area contributed by atoms with Gasteiger partial charge in [0.2, 0.25) is 0 Å². The molecule has 2 N–H and O–H groups in total. The maximum absolute atomic E-state index is 10.3. The molecule has 3 nitrogen and oxygen atoms in total. The molecule has 0 aromatic carbocycles. The average Bonchev–Trinajstić information content (AvgIpc) is 2.33. The molecule has 0 bridgehead atoms. The van der Waals surface area contributed by atoms with E-state index in [4.69, 9.17) is 5.11 Å². The van der Waals surface area contributed by atoms with Crippen LogP contribution in [0.25, 0.3) is 0 Å². The second-order valence-corrected chi connectivity index (χ2v) is 5.20. The Morgan fingerprint density at radius 1 is 0.889 bits per heavy atom. The summed E-state index contributed by atoms with van der Waals surface area (Å²) in [4.78, 5) is 10.3. The Balaban J connectivity index is 3.17. The zero-order valence-electron chi connectivity index (χ0n) is 11.9. The third-order valence-corrected chi connectivity index (χ3v) is 3.32. The summed E-state index contributed by atoms with van der Waals surface area (Å²) in [5, 5.41) is 18.2. The number of carboxylic acids is 1. The van der Waals surface area contributed by atoms with Crippen LogP contribution in [0.1, 0.15) is 84.0 Å². The summed E-state index contributed by atoms with van der Waals surface area (Å²) in [6.45, 7) is 2.22. The minimum absolute atomic E-state index is 0.180. The van der Waals surface area contributed by atoms with Gasteiger partial charge in [0.25, 0.3) is 0 Å². The Bertz CT molecular complexity index is 192. The van der Waals surface area contributed by atoms with E-state index in [1.807, 2.05) is 0 Å². The van der Waals surface area contributed by atoms with Crippen molar-refractivity contribution in [3.63, 3.8) is 0 Å². The number of unbranched alkanes of at least 4 members (excludes halogenated alkanes) is 7. The lowest BCUT2D eigenvalue weighted by Crippen LogP contribution is -2.06. The van der Waals surface area contributed by atoms with Gasteiger partial charge >= 0.3 is 5.97 Å². The van der Waals surface area contributed by atoms with Crippen molar-refractivity contribution in [1.82, 2.24) is 0 Å². The lowest BCUT2D eigenvalue weighted by Gasteiger charge is -2.09. The van der Waals surface area contributed by atoms with Crippen molar-refractivity contribution in [1.29, 1.82) is 0 Å². The number of hydrogen-bond donors (Lipinski definition) is 2. The molecule has 0 amide bonds. The summed E-state index contributed by atoms with van der Waals surface area (Å²) in [6, 6.07) is 0. The Morgan fingerprint density at radius 3 is 1.94 bits per heavy atom. The summed E-state index contributed by atoms with van der Waals surface area (Å²) in [5.41, 5.74) is 0. The highest BCUT2D eigenvalue weighted by Crippen LogP contribution is 2.13. The fourth-order valence-electron chi connectivity index (χ4n) is 2.14. The van der Waals surface area contributed by atoms with E-state index in [1.54, 1.807) is 0 Å². The maximum Gasteiger partial charge on any atom is 0.303 e. The highest BCUT2D eigenvalue weighted by Gasteiger charge is 2.04. The highest BCUT2D eigenvalue weighted by molar-refractivity contribution is 5.66. The van der Waals surface area contributed by atoms with Crippen LogP contribution in [0.5, 0.6) is 0 Å². The molecule has 108 valence electrons. The van der Waals surface area contributed by atoms with Crippen molar-refractivity contribution in [2.24, 2.45) is 0 Å². The number of aliphatic hydroxyl groups is 1. The van der Waals surface area contributed by atoms with Crippen LogP contribution in [-0.2, 0) is 4.79 Å². The van der Waals surface area contributed by atoms with Crippen LogP contribution in [0.4, 0.5) is 0 Å². The lowest BCUT2D eigenvalue weighted by molar-refractivity contribution is -0.137.